The average Bonchev–Trinajstić information content (AvgIpc) is 3.30. The zero-order valence-corrected chi connectivity index (χ0v) is 19.3. The number of nitrogens with one attached hydrogen (secondary N) is 1. The van der Waals surface area contributed by atoms with Crippen LogP contribution < -0.4 is 10.9 Å². The first-order valence-electron chi connectivity index (χ1n) is 11.5. The lowest BCUT2D eigenvalue weighted by Crippen LogP contribution is -2.25. The van der Waals surface area contributed by atoms with Crippen molar-refractivity contribution in [2.24, 2.45) is 0 Å². The Kier molecular flexibility index (Phi) is 5.98. The molecule has 0 bridgehead atoms. The quantitative estimate of drug-likeness (QED) is 0.488. The van der Waals surface area contributed by atoms with E-state index in [4.69, 9.17) is 4.74 Å². The predicted molar refractivity (Wildman–Crippen MR) is 130 cm³/mol. The van der Waals surface area contributed by atoms with E-state index in [0.29, 0.717) is 17.3 Å². The van der Waals surface area contributed by atoms with E-state index < -0.39 is 0 Å². The molecule has 1 aliphatic rings. The van der Waals surface area contributed by atoms with Crippen molar-refractivity contribution in [3.63, 3.8) is 0 Å². The lowest BCUT2D eigenvalue weighted by molar-refractivity contribution is -0.116. The number of hydrogen-bond donors (Lipinski definition) is 1. The van der Waals surface area contributed by atoms with Gasteiger partial charge >= 0.3 is 0 Å². The van der Waals surface area contributed by atoms with Gasteiger partial charge in [0, 0.05) is 29.6 Å². The van der Waals surface area contributed by atoms with E-state index in [1.54, 1.807) is 11.5 Å². The molecule has 3 heterocycles. The van der Waals surface area contributed by atoms with Crippen LogP contribution in [-0.4, -0.2) is 31.7 Å². The lowest BCUT2D eigenvalue weighted by atomic mass is 10.0. The minimum atomic E-state index is -0.284. The summed E-state index contributed by atoms with van der Waals surface area (Å²) < 4.78 is 8.82. The largest absolute Gasteiger partial charge is 0.374 e. The molecular formula is C26H27N5O3. The van der Waals surface area contributed by atoms with Crippen LogP contribution in [0.15, 0.2) is 59.4 Å². The molecule has 0 aliphatic carbocycles. The summed E-state index contributed by atoms with van der Waals surface area (Å²) >= 11 is 0. The lowest BCUT2D eigenvalue weighted by Gasteiger charge is -2.22. The van der Waals surface area contributed by atoms with Crippen molar-refractivity contribution in [2.45, 2.75) is 45.8 Å². The highest BCUT2D eigenvalue weighted by Gasteiger charge is 2.18. The van der Waals surface area contributed by atoms with Crippen molar-refractivity contribution in [1.29, 1.82) is 0 Å². The zero-order chi connectivity index (χ0) is 23.7. The van der Waals surface area contributed by atoms with Crippen LogP contribution in [0.3, 0.4) is 0 Å². The molecule has 1 fully saturated rings. The first-order valence-corrected chi connectivity index (χ1v) is 11.5. The molecule has 0 spiro atoms. The van der Waals surface area contributed by atoms with Gasteiger partial charge in [0.05, 0.1) is 6.10 Å². The fourth-order valence-corrected chi connectivity index (χ4v) is 4.25. The molecule has 1 unspecified atom stereocenters. The predicted octanol–water partition coefficient (Wildman–Crippen LogP) is 4.06. The van der Waals surface area contributed by atoms with Gasteiger partial charge in [0.15, 0.2) is 5.82 Å². The molecule has 1 amide bonds. The summed E-state index contributed by atoms with van der Waals surface area (Å²) in [4.78, 5) is 30.0. The summed E-state index contributed by atoms with van der Waals surface area (Å²) in [5, 5.41) is 7.33. The third kappa shape index (κ3) is 4.49. The Bertz CT molecular complexity index is 1380. The van der Waals surface area contributed by atoms with E-state index in [2.05, 4.69) is 15.4 Å². The normalized spacial score (nSPS) is 16.0. The van der Waals surface area contributed by atoms with Gasteiger partial charge in [0.1, 0.15) is 6.54 Å². The van der Waals surface area contributed by atoms with E-state index >= 15 is 0 Å². The molecule has 0 saturated carbocycles. The Morgan fingerprint density at radius 2 is 1.85 bits per heavy atom. The van der Waals surface area contributed by atoms with Crippen molar-refractivity contribution < 1.29 is 9.53 Å². The standard InChI is InChI=1S/C26H27N5O3/c1-17-6-12-21(13-7-17)27-23(32)16-30-18(2)15-24(33)31-26(30)28-25(29-31)20-10-8-19(9-11-20)22-5-3-4-14-34-22/h6-13,15,22H,3-5,14,16H2,1-2H3,(H,27,32). The third-order valence-corrected chi connectivity index (χ3v) is 6.16. The average molecular weight is 458 g/mol. The number of carbonyl (C=O) groups excluding carboxylic acids is 1. The number of aryl methyl sites for hydroxylation is 2. The molecule has 5 rings (SSSR count). The monoisotopic (exact) mass is 457 g/mol. The van der Waals surface area contributed by atoms with Gasteiger partial charge in [-0.25, -0.2) is 0 Å². The summed E-state index contributed by atoms with van der Waals surface area (Å²) in [6, 6.07) is 17.0. The fraction of sp³-hybridized carbons (Fsp3) is 0.308. The van der Waals surface area contributed by atoms with Gasteiger partial charge in [-0.2, -0.15) is 9.50 Å². The van der Waals surface area contributed by atoms with Crippen molar-refractivity contribution in [1.82, 2.24) is 19.2 Å². The maximum absolute atomic E-state index is 12.7. The highest BCUT2D eigenvalue weighted by atomic mass is 16.5. The molecule has 1 aliphatic heterocycles. The topological polar surface area (TPSA) is 90.5 Å². The molecule has 1 saturated heterocycles. The van der Waals surface area contributed by atoms with Gasteiger partial charge < -0.3 is 14.6 Å². The Morgan fingerprint density at radius 1 is 1.09 bits per heavy atom. The number of ether oxygens (including phenoxy) is 1. The van der Waals surface area contributed by atoms with Gasteiger partial charge in [-0.15, -0.1) is 5.10 Å². The molecule has 1 N–H and O–H groups in total. The van der Waals surface area contributed by atoms with Crippen LogP contribution in [0.25, 0.3) is 17.2 Å². The Balaban J connectivity index is 1.42. The first kappa shape index (κ1) is 22.0. The molecule has 34 heavy (non-hydrogen) atoms. The number of nitrogens with zero attached hydrogens (tertiary/aromatic N) is 4. The first-order chi connectivity index (χ1) is 16.5. The smallest absolute Gasteiger partial charge is 0.275 e. The summed E-state index contributed by atoms with van der Waals surface area (Å²) in [6.07, 6.45) is 3.43. The number of aromatic nitrogens is 4. The SMILES string of the molecule is Cc1ccc(NC(=O)Cn2c(C)cc(=O)n3nc(-c4ccc(C5CCCCO5)cc4)nc23)cc1. The maximum Gasteiger partial charge on any atom is 0.275 e. The Labute approximate surface area is 197 Å². The van der Waals surface area contributed by atoms with Gasteiger partial charge in [-0.1, -0.05) is 42.0 Å². The van der Waals surface area contributed by atoms with E-state index in [1.165, 1.54) is 17.0 Å². The summed E-state index contributed by atoms with van der Waals surface area (Å²) in [7, 11) is 0. The third-order valence-electron chi connectivity index (χ3n) is 6.16. The van der Waals surface area contributed by atoms with Crippen LogP contribution in [0.5, 0.6) is 0 Å². The molecule has 2 aromatic carbocycles. The van der Waals surface area contributed by atoms with Gasteiger partial charge in [-0.3, -0.25) is 9.59 Å². The second-order valence-electron chi connectivity index (χ2n) is 8.75. The van der Waals surface area contributed by atoms with Crippen molar-refractivity contribution in [2.75, 3.05) is 11.9 Å². The second-order valence-corrected chi connectivity index (χ2v) is 8.75. The molecule has 0 radical (unpaired) electrons. The minimum absolute atomic E-state index is 0.0135. The number of benzene rings is 2. The van der Waals surface area contributed by atoms with Crippen LogP contribution in [-0.2, 0) is 16.1 Å². The maximum atomic E-state index is 12.7. The zero-order valence-electron chi connectivity index (χ0n) is 19.3. The van der Waals surface area contributed by atoms with Gasteiger partial charge in [0.2, 0.25) is 11.7 Å². The molecule has 8 nitrogen and oxygen atoms in total. The highest BCUT2D eigenvalue weighted by Crippen LogP contribution is 2.29. The van der Waals surface area contributed by atoms with Crippen LogP contribution >= 0.6 is 0 Å². The molecule has 174 valence electrons. The minimum Gasteiger partial charge on any atom is -0.374 e. The van der Waals surface area contributed by atoms with E-state index in [9.17, 15) is 9.59 Å². The summed E-state index contributed by atoms with van der Waals surface area (Å²) in [5.74, 6) is 0.559. The van der Waals surface area contributed by atoms with E-state index in [0.717, 1.165) is 41.8 Å². The number of amides is 1. The number of hydrogen-bond acceptors (Lipinski definition) is 5. The molecule has 2 aromatic heterocycles. The molecule has 4 aromatic rings. The summed E-state index contributed by atoms with van der Waals surface area (Å²) in [6.45, 7) is 4.59. The number of anilines is 1. The van der Waals surface area contributed by atoms with Crippen LogP contribution in [0.2, 0.25) is 0 Å². The van der Waals surface area contributed by atoms with Crippen LogP contribution in [0.4, 0.5) is 5.69 Å². The van der Waals surface area contributed by atoms with E-state index in [-0.39, 0.29) is 24.1 Å². The molecule has 8 heteroatoms. The van der Waals surface area contributed by atoms with Gasteiger partial charge in [0.25, 0.3) is 5.56 Å². The number of rotatable bonds is 5. The van der Waals surface area contributed by atoms with E-state index in [1.807, 2.05) is 55.5 Å². The van der Waals surface area contributed by atoms with Crippen LogP contribution in [0.1, 0.15) is 42.2 Å². The fourth-order valence-electron chi connectivity index (χ4n) is 4.25. The van der Waals surface area contributed by atoms with Crippen LogP contribution in [0, 0.1) is 13.8 Å². The Hall–Kier alpha value is -3.78. The van der Waals surface area contributed by atoms with Crippen molar-refractivity contribution in [3.05, 3.63) is 81.8 Å². The Morgan fingerprint density at radius 3 is 2.56 bits per heavy atom. The molecule has 1 atom stereocenters. The van der Waals surface area contributed by atoms with Gasteiger partial charge in [-0.05, 0) is 50.8 Å². The second kappa shape index (κ2) is 9.23. The number of fused-ring (bicyclic) bond motifs is 1. The summed E-state index contributed by atoms with van der Waals surface area (Å²) in [5.41, 5.74) is 4.13. The van der Waals surface area contributed by atoms with Crippen molar-refractivity contribution >= 4 is 17.4 Å². The van der Waals surface area contributed by atoms with Crippen molar-refractivity contribution in [3.8, 4) is 11.4 Å². The molecular weight excluding hydrogens is 430 g/mol. The number of carbonyl (C=O) groups is 1. The highest BCUT2D eigenvalue weighted by molar-refractivity contribution is 5.90.